The van der Waals surface area contributed by atoms with Crippen molar-refractivity contribution in [2.45, 2.75) is 6.04 Å². The average molecular weight is 479 g/mol. The summed E-state index contributed by atoms with van der Waals surface area (Å²) >= 11 is 0. The van der Waals surface area contributed by atoms with Crippen molar-refractivity contribution in [3.8, 4) is 16.9 Å². The average Bonchev–Trinajstić information content (AvgIpc) is 3.27. The zero-order valence-electron chi connectivity index (χ0n) is 19.5. The number of aryl methyl sites for hydroxylation is 1. The van der Waals surface area contributed by atoms with Crippen LogP contribution in [0.5, 0.6) is 0 Å². The molecule has 5 aromatic rings. The first-order chi connectivity index (χ1) is 17.4. The van der Waals surface area contributed by atoms with Gasteiger partial charge in [0.05, 0.1) is 44.6 Å². The van der Waals surface area contributed by atoms with Crippen LogP contribution in [0, 0.1) is 10.1 Å². The van der Waals surface area contributed by atoms with E-state index in [4.69, 9.17) is 0 Å². The van der Waals surface area contributed by atoms with Crippen LogP contribution in [-0.4, -0.2) is 18.6 Å². The molecule has 0 amide bonds. The Morgan fingerprint density at radius 2 is 1.61 bits per heavy atom. The lowest BCUT2D eigenvalue weighted by atomic mass is 9.99. The monoisotopic (exact) mass is 479 g/mol. The summed E-state index contributed by atoms with van der Waals surface area (Å²) in [4.78, 5) is 37.8. The zero-order chi connectivity index (χ0) is 25.1. The molecule has 9 nitrogen and oxygen atoms in total. The zero-order valence-corrected chi connectivity index (χ0v) is 19.5. The molecule has 0 fully saturated rings. The quantitative estimate of drug-likeness (QED) is 0.310. The van der Waals surface area contributed by atoms with Gasteiger partial charge >= 0.3 is 5.69 Å². The highest BCUT2D eigenvalue weighted by molar-refractivity contribution is 5.99. The van der Waals surface area contributed by atoms with E-state index in [2.05, 4.69) is 5.32 Å². The largest absolute Gasteiger partial charge is 0.371 e. The van der Waals surface area contributed by atoms with Gasteiger partial charge < -0.3 is 9.88 Å². The van der Waals surface area contributed by atoms with E-state index in [9.17, 15) is 19.7 Å². The maximum Gasteiger partial charge on any atom is 0.331 e. The lowest BCUT2D eigenvalue weighted by Gasteiger charge is -2.31. The lowest BCUT2D eigenvalue weighted by Crippen LogP contribution is -2.37. The summed E-state index contributed by atoms with van der Waals surface area (Å²) in [7, 11) is 3.12. The van der Waals surface area contributed by atoms with Gasteiger partial charge in [0.25, 0.3) is 11.2 Å². The highest BCUT2D eigenvalue weighted by Crippen LogP contribution is 2.45. The Bertz CT molecular complexity index is 1810. The second-order valence-electron chi connectivity index (χ2n) is 8.81. The van der Waals surface area contributed by atoms with Crippen molar-refractivity contribution in [1.29, 1.82) is 0 Å². The highest BCUT2D eigenvalue weighted by Gasteiger charge is 2.35. The van der Waals surface area contributed by atoms with Crippen LogP contribution in [0.3, 0.4) is 0 Å². The number of benzene rings is 3. The number of hydrogen-bond acceptors (Lipinski definition) is 5. The van der Waals surface area contributed by atoms with Gasteiger partial charge in [-0.3, -0.25) is 24.0 Å². The Morgan fingerprint density at radius 1 is 0.889 bits per heavy atom. The summed E-state index contributed by atoms with van der Waals surface area (Å²) < 4.78 is 4.60. The number of nitro groups is 1. The smallest absolute Gasteiger partial charge is 0.331 e. The third-order valence-electron chi connectivity index (χ3n) is 6.79. The van der Waals surface area contributed by atoms with E-state index in [1.807, 2.05) is 65.2 Å². The molecule has 0 radical (unpaired) electrons. The van der Waals surface area contributed by atoms with Crippen molar-refractivity contribution >= 4 is 22.3 Å². The molecule has 0 bridgehead atoms. The first-order valence-corrected chi connectivity index (χ1v) is 11.4. The predicted octanol–water partition coefficient (Wildman–Crippen LogP) is 4.12. The van der Waals surface area contributed by atoms with Crippen LogP contribution in [0.15, 0.2) is 88.5 Å². The second-order valence-corrected chi connectivity index (χ2v) is 8.81. The standard InChI is InChI=1S/C27H21N5O4/c1-29-24-21(26(33)30(2)27(29)34)23(16-9-4-3-5-10-16)31-20-14-7-6-13-19(20)28-22(25(24)31)17-11-8-12-18(15-17)32(35)36/h3-15,22,28H,1-2H3/t22-/m0/s1. The van der Waals surface area contributed by atoms with Crippen molar-refractivity contribution in [2.75, 3.05) is 5.32 Å². The van der Waals surface area contributed by atoms with E-state index in [-0.39, 0.29) is 5.69 Å². The number of nitrogens with one attached hydrogen (secondary N) is 1. The molecule has 6 rings (SSSR count). The fourth-order valence-corrected chi connectivity index (χ4v) is 5.15. The molecule has 1 aliphatic heterocycles. The number of anilines is 1. The SMILES string of the molecule is Cn1c(=O)c2c(-c3ccccc3)n3c(c2n(C)c1=O)[C@H](c1cccc([N+](=O)[O-])c1)Nc1ccccc1-3. The first kappa shape index (κ1) is 21.6. The molecule has 3 aromatic carbocycles. The molecule has 9 heteroatoms. The third-order valence-corrected chi connectivity index (χ3v) is 6.79. The summed E-state index contributed by atoms with van der Waals surface area (Å²) in [5.41, 5.74) is 4.03. The molecule has 178 valence electrons. The summed E-state index contributed by atoms with van der Waals surface area (Å²) in [5.74, 6) is 0. The topological polar surface area (TPSA) is 104 Å². The molecule has 36 heavy (non-hydrogen) atoms. The van der Waals surface area contributed by atoms with E-state index >= 15 is 0 Å². The Hall–Kier alpha value is -4.92. The van der Waals surface area contributed by atoms with Crippen molar-refractivity contribution in [3.05, 3.63) is 121 Å². The number of aromatic nitrogens is 3. The molecule has 3 heterocycles. The molecule has 1 atom stereocenters. The molecule has 0 saturated heterocycles. The Balaban J connectivity index is 1.84. The summed E-state index contributed by atoms with van der Waals surface area (Å²) in [6.07, 6.45) is 0. The minimum Gasteiger partial charge on any atom is -0.371 e. The van der Waals surface area contributed by atoms with Gasteiger partial charge in [-0.15, -0.1) is 0 Å². The van der Waals surface area contributed by atoms with Gasteiger partial charge in [0.2, 0.25) is 0 Å². The van der Waals surface area contributed by atoms with Crippen LogP contribution >= 0.6 is 0 Å². The van der Waals surface area contributed by atoms with Gasteiger partial charge in [-0.25, -0.2) is 4.79 Å². The molecule has 0 saturated carbocycles. The van der Waals surface area contributed by atoms with Crippen molar-refractivity contribution in [3.63, 3.8) is 0 Å². The van der Waals surface area contributed by atoms with Crippen LogP contribution in [0.2, 0.25) is 0 Å². The number of hydrogen-bond donors (Lipinski definition) is 1. The van der Waals surface area contributed by atoms with E-state index in [1.165, 1.54) is 23.7 Å². The van der Waals surface area contributed by atoms with Crippen LogP contribution < -0.4 is 16.6 Å². The molecule has 2 aromatic heterocycles. The fourth-order valence-electron chi connectivity index (χ4n) is 5.15. The number of para-hydroxylation sites is 2. The molecule has 1 N–H and O–H groups in total. The third kappa shape index (κ3) is 2.96. The summed E-state index contributed by atoms with van der Waals surface area (Å²) in [5, 5.41) is 15.5. The van der Waals surface area contributed by atoms with Crippen LogP contribution in [0.4, 0.5) is 11.4 Å². The van der Waals surface area contributed by atoms with Gasteiger partial charge in [0.1, 0.15) is 0 Å². The summed E-state index contributed by atoms with van der Waals surface area (Å²) in [6, 6.07) is 23.1. The van der Waals surface area contributed by atoms with Crippen molar-refractivity contribution in [1.82, 2.24) is 13.7 Å². The van der Waals surface area contributed by atoms with Crippen LogP contribution in [0.25, 0.3) is 27.8 Å². The molecule has 0 aliphatic carbocycles. The van der Waals surface area contributed by atoms with Crippen molar-refractivity contribution < 1.29 is 4.92 Å². The lowest BCUT2D eigenvalue weighted by molar-refractivity contribution is -0.384. The van der Waals surface area contributed by atoms with E-state index in [0.29, 0.717) is 27.9 Å². The van der Waals surface area contributed by atoms with Crippen molar-refractivity contribution in [2.24, 2.45) is 14.1 Å². The van der Waals surface area contributed by atoms with E-state index < -0.39 is 22.2 Å². The first-order valence-electron chi connectivity index (χ1n) is 11.4. The predicted molar refractivity (Wildman–Crippen MR) is 138 cm³/mol. The van der Waals surface area contributed by atoms with Gasteiger partial charge in [-0.2, -0.15) is 0 Å². The van der Waals surface area contributed by atoms with Crippen LogP contribution in [-0.2, 0) is 14.1 Å². The molecular weight excluding hydrogens is 458 g/mol. The van der Waals surface area contributed by atoms with E-state index in [1.54, 1.807) is 13.1 Å². The molecule has 1 aliphatic rings. The molecule has 0 unspecified atom stereocenters. The van der Waals surface area contributed by atoms with E-state index in [0.717, 1.165) is 21.5 Å². The Labute approximate surface area is 204 Å². The summed E-state index contributed by atoms with van der Waals surface area (Å²) in [6.45, 7) is 0. The van der Waals surface area contributed by atoms with Gasteiger partial charge in [0, 0.05) is 26.2 Å². The number of fused-ring (bicyclic) bond motifs is 5. The van der Waals surface area contributed by atoms with Crippen LogP contribution in [0.1, 0.15) is 17.3 Å². The van der Waals surface area contributed by atoms with Gasteiger partial charge in [-0.05, 0) is 23.3 Å². The number of rotatable bonds is 3. The maximum absolute atomic E-state index is 13.6. The number of nitro benzene ring substituents is 1. The molecule has 0 spiro atoms. The van der Waals surface area contributed by atoms with Gasteiger partial charge in [-0.1, -0.05) is 54.6 Å². The fraction of sp³-hybridized carbons (Fsp3) is 0.111. The minimum absolute atomic E-state index is 0.0383. The molecular formula is C27H21N5O4. The Kier molecular flexibility index (Phi) is 4.68. The minimum atomic E-state index is -0.558. The number of nitrogens with zero attached hydrogens (tertiary/aromatic N) is 4. The highest BCUT2D eigenvalue weighted by atomic mass is 16.6. The Morgan fingerprint density at radius 3 is 2.36 bits per heavy atom. The normalized spacial score (nSPS) is 14.2. The van der Waals surface area contributed by atoms with Gasteiger partial charge in [0.15, 0.2) is 0 Å². The maximum atomic E-state index is 13.6. The second kappa shape index (κ2) is 7.81. The number of non-ortho nitro benzene ring substituents is 1.